The highest BCUT2D eigenvalue weighted by atomic mass is 16.5. The summed E-state index contributed by atoms with van der Waals surface area (Å²) in [5.41, 5.74) is 0.446. The second-order valence-electron chi connectivity index (χ2n) is 5.37. The maximum absolute atomic E-state index is 12.0. The van der Waals surface area contributed by atoms with E-state index in [1.54, 1.807) is 12.1 Å². The molecule has 0 spiro atoms. The van der Waals surface area contributed by atoms with Crippen molar-refractivity contribution in [3.8, 4) is 11.5 Å². The molecule has 1 aromatic carbocycles. The van der Waals surface area contributed by atoms with Crippen LogP contribution in [0.1, 0.15) is 39.2 Å². The minimum atomic E-state index is -0.521. The Hall–Kier alpha value is -1.84. The molecular formula is C15H18O4. The number of benzene rings is 1. The van der Waals surface area contributed by atoms with Gasteiger partial charge in [0, 0.05) is 6.07 Å². The summed E-state index contributed by atoms with van der Waals surface area (Å²) in [5, 5.41) is 0. The van der Waals surface area contributed by atoms with Gasteiger partial charge in [-0.05, 0) is 38.3 Å². The van der Waals surface area contributed by atoms with Crippen LogP contribution in [0.5, 0.6) is 11.5 Å². The quantitative estimate of drug-likeness (QED) is 0.621. The number of carbonyl (C=O) groups excluding carboxylic acids is 2. The van der Waals surface area contributed by atoms with Crippen molar-refractivity contribution < 1.29 is 19.1 Å². The SMILES string of the molecule is CCC(C)(C)C(=O)Oc1ccc2c(c1)OC(=O)CC2. The number of esters is 2. The molecule has 0 N–H and O–H groups in total. The first-order valence-corrected chi connectivity index (χ1v) is 6.48. The van der Waals surface area contributed by atoms with Crippen LogP contribution in [0.15, 0.2) is 18.2 Å². The fourth-order valence-electron chi connectivity index (χ4n) is 1.70. The molecule has 4 heteroatoms. The van der Waals surface area contributed by atoms with Gasteiger partial charge in [-0.25, -0.2) is 0 Å². The van der Waals surface area contributed by atoms with E-state index in [1.165, 1.54) is 0 Å². The number of aryl methyl sites for hydroxylation is 1. The average Bonchev–Trinajstić information content (AvgIpc) is 2.38. The van der Waals surface area contributed by atoms with E-state index >= 15 is 0 Å². The zero-order valence-corrected chi connectivity index (χ0v) is 11.5. The second-order valence-corrected chi connectivity index (χ2v) is 5.37. The maximum atomic E-state index is 12.0. The smallest absolute Gasteiger partial charge is 0.316 e. The van der Waals surface area contributed by atoms with E-state index in [0.29, 0.717) is 30.8 Å². The molecule has 1 aliphatic heterocycles. The molecule has 0 radical (unpaired) electrons. The molecule has 0 amide bonds. The van der Waals surface area contributed by atoms with Gasteiger partial charge in [-0.15, -0.1) is 0 Å². The van der Waals surface area contributed by atoms with Crippen LogP contribution < -0.4 is 9.47 Å². The molecule has 0 saturated heterocycles. The summed E-state index contributed by atoms with van der Waals surface area (Å²) in [6.07, 6.45) is 1.77. The highest BCUT2D eigenvalue weighted by molar-refractivity contribution is 5.79. The molecule has 0 atom stereocenters. The van der Waals surface area contributed by atoms with E-state index in [4.69, 9.17) is 9.47 Å². The van der Waals surface area contributed by atoms with Gasteiger partial charge >= 0.3 is 11.9 Å². The minimum absolute atomic E-state index is 0.245. The Balaban J connectivity index is 2.17. The van der Waals surface area contributed by atoms with Crippen molar-refractivity contribution in [2.45, 2.75) is 40.0 Å². The largest absolute Gasteiger partial charge is 0.426 e. The van der Waals surface area contributed by atoms with Crippen LogP contribution in [0, 0.1) is 5.41 Å². The van der Waals surface area contributed by atoms with Crippen LogP contribution in [0.25, 0.3) is 0 Å². The summed E-state index contributed by atoms with van der Waals surface area (Å²) < 4.78 is 10.5. The van der Waals surface area contributed by atoms with Crippen LogP contribution in [-0.2, 0) is 16.0 Å². The number of carbonyl (C=O) groups is 2. The fraction of sp³-hybridized carbons (Fsp3) is 0.467. The fourth-order valence-corrected chi connectivity index (χ4v) is 1.70. The summed E-state index contributed by atoms with van der Waals surface area (Å²) in [6, 6.07) is 5.18. The molecule has 0 aromatic heterocycles. The first-order valence-electron chi connectivity index (χ1n) is 6.48. The normalized spacial score (nSPS) is 14.6. The van der Waals surface area contributed by atoms with Gasteiger partial charge in [0.2, 0.25) is 0 Å². The lowest BCUT2D eigenvalue weighted by atomic mass is 9.91. The lowest BCUT2D eigenvalue weighted by Gasteiger charge is -2.21. The Bertz CT molecular complexity index is 517. The second kappa shape index (κ2) is 5.03. The van der Waals surface area contributed by atoms with Crippen LogP contribution >= 0.6 is 0 Å². The Morgan fingerprint density at radius 2 is 2.11 bits per heavy atom. The van der Waals surface area contributed by atoms with Crippen LogP contribution in [-0.4, -0.2) is 11.9 Å². The Kier molecular flexibility index (Phi) is 3.60. The van der Waals surface area contributed by atoms with E-state index in [2.05, 4.69) is 0 Å². The molecule has 0 aliphatic carbocycles. The summed E-state index contributed by atoms with van der Waals surface area (Å²) in [7, 11) is 0. The van der Waals surface area contributed by atoms with Crippen molar-refractivity contribution in [3.05, 3.63) is 23.8 Å². The van der Waals surface area contributed by atoms with Crippen molar-refractivity contribution in [2.24, 2.45) is 5.41 Å². The van der Waals surface area contributed by atoms with Gasteiger partial charge in [0.1, 0.15) is 11.5 Å². The van der Waals surface area contributed by atoms with Gasteiger partial charge in [0.05, 0.1) is 11.8 Å². The van der Waals surface area contributed by atoms with Gasteiger partial charge in [-0.2, -0.15) is 0 Å². The predicted molar refractivity (Wildman–Crippen MR) is 70.1 cm³/mol. The van der Waals surface area contributed by atoms with Crippen LogP contribution in [0.4, 0.5) is 0 Å². The lowest BCUT2D eigenvalue weighted by molar-refractivity contribution is -0.144. The van der Waals surface area contributed by atoms with Crippen LogP contribution in [0.3, 0.4) is 0 Å². The highest BCUT2D eigenvalue weighted by Gasteiger charge is 2.28. The lowest BCUT2D eigenvalue weighted by Crippen LogP contribution is -2.28. The molecule has 1 heterocycles. The molecule has 0 bridgehead atoms. The molecule has 1 aromatic rings. The standard InChI is InChI=1S/C15H18O4/c1-4-15(2,3)14(17)18-11-7-5-10-6-8-13(16)19-12(10)9-11/h5,7,9H,4,6,8H2,1-3H3. The molecule has 2 rings (SSSR count). The molecular weight excluding hydrogens is 244 g/mol. The monoisotopic (exact) mass is 262 g/mol. The molecule has 1 aliphatic rings. The molecule has 19 heavy (non-hydrogen) atoms. The van der Waals surface area contributed by atoms with Gasteiger partial charge in [-0.3, -0.25) is 9.59 Å². The molecule has 0 fully saturated rings. The number of hydrogen-bond acceptors (Lipinski definition) is 4. The third kappa shape index (κ3) is 2.95. The Morgan fingerprint density at radius 3 is 2.79 bits per heavy atom. The first-order chi connectivity index (χ1) is 8.92. The zero-order valence-electron chi connectivity index (χ0n) is 11.5. The van der Waals surface area contributed by atoms with E-state index in [0.717, 1.165) is 5.56 Å². The molecule has 0 unspecified atom stereocenters. The maximum Gasteiger partial charge on any atom is 0.316 e. The van der Waals surface area contributed by atoms with E-state index in [9.17, 15) is 9.59 Å². The van der Waals surface area contributed by atoms with Gasteiger partial charge < -0.3 is 9.47 Å². The van der Waals surface area contributed by atoms with Crippen molar-refractivity contribution in [1.82, 2.24) is 0 Å². The van der Waals surface area contributed by atoms with Crippen molar-refractivity contribution in [3.63, 3.8) is 0 Å². The van der Waals surface area contributed by atoms with E-state index in [-0.39, 0.29) is 11.9 Å². The third-order valence-electron chi connectivity index (χ3n) is 3.51. The Labute approximate surface area is 112 Å². The minimum Gasteiger partial charge on any atom is -0.426 e. The summed E-state index contributed by atoms with van der Waals surface area (Å²) in [4.78, 5) is 23.2. The predicted octanol–water partition coefficient (Wildman–Crippen LogP) is 2.88. The molecule has 102 valence electrons. The zero-order chi connectivity index (χ0) is 14.0. The number of fused-ring (bicyclic) bond motifs is 1. The topological polar surface area (TPSA) is 52.6 Å². The van der Waals surface area contributed by atoms with E-state index in [1.807, 2.05) is 26.8 Å². The van der Waals surface area contributed by atoms with Crippen molar-refractivity contribution in [2.75, 3.05) is 0 Å². The van der Waals surface area contributed by atoms with Gasteiger partial charge in [0.25, 0.3) is 0 Å². The summed E-state index contributed by atoms with van der Waals surface area (Å²) >= 11 is 0. The molecule has 4 nitrogen and oxygen atoms in total. The highest BCUT2D eigenvalue weighted by Crippen LogP contribution is 2.31. The van der Waals surface area contributed by atoms with Crippen molar-refractivity contribution >= 4 is 11.9 Å². The number of hydrogen-bond donors (Lipinski definition) is 0. The third-order valence-corrected chi connectivity index (χ3v) is 3.51. The molecule has 0 saturated carbocycles. The van der Waals surface area contributed by atoms with Gasteiger partial charge in [-0.1, -0.05) is 13.0 Å². The Morgan fingerprint density at radius 1 is 1.37 bits per heavy atom. The summed E-state index contributed by atoms with van der Waals surface area (Å²) in [6.45, 7) is 5.62. The number of ether oxygens (including phenoxy) is 2. The van der Waals surface area contributed by atoms with E-state index < -0.39 is 5.41 Å². The summed E-state index contributed by atoms with van der Waals surface area (Å²) in [5.74, 6) is 0.387. The van der Waals surface area contributed by atoms with Crippen molar-refractivity contribution in [1.29, 1.82) is 0 Å². The first kappa shape index (κ1) is 13.6. The average molecular weight is 262 g/mol. The van der Waals surface area contributed by atoms with Gasteiger partial charge in [0.15, 0.2) is 0 Å². The number of rotatable bonds is 3. The van der Waals surface area contributed by atoms with Crippen LogP contribution in [0.2, 0.25) is 0 Å².